The molecule has 0 aromatic heterocycles. The van der Waals surface area contributed by atoms with Gasteiger partial charge in [-0.3, -0.25) is 14.8 Å². The highest BCUT2D eigenvalue weighted by Crippen LogP contribution is 2.29. The maximum atomic E-state index is 12.7. The van der Waals surface area contributed by atoms with Gasteiger partial charge in [-0.15, -0.1) is 0 Å². The topological polar surface area (TPSA) is 105 Å². The Labute approximate surface area is 169 Å². The lowest BCUT2D eigenvalue weighted by Crippen LogP contribution is -2.35. The third-order valence-electron chi connectivity index (χ3n) is 4.67. The van der Waals surface area contributed by atoms with Gasteiger partial charge in [-0.1, -0.05) is 6.07 Å². The predicted molar refractivity (Wildman–Crippen MR) is 111 cm³/mol. The Morgan fingerprint density at radius 3 is 2.41 bits per heavy atom. The monoisotopic (exact) mass is 417 g/mol. The molecular formula is C20H23N3O5S. The molecule has 1 aliphatic rings. The molecule has 3 rings (SSSR count). The van der Waals surface area contributed by atoms with E-state index >= 15 is 0 Å². The van der Waals surface area contributed by atoms with Crippen LogP contribution in [0.5, 0.6) is 0 Å². The number of benzene rings is 2. The average molecular weight is 417 g/mol. The summed E-state index contributed by atoms with van der Waals surface area (Å²) in [5, 5.41) is 2.46. The summed E-state index contributed by atoms with van der Waals surface area (Å²) in [5.41, 5.74) is 2.41. The lowest BCUT2D eigenvalue weighted by Gasteiger charge is -2.28. The van der Waals surface area contributed by atoms with E-state index in [0.29, 0.717) is 30.0 Å². The molecule has 9 heteroatoms. The van der Waals surface area contributed by atoms with Crippen LogP contribution in [-0.2, 0) is 19.6 Å². The van der Waals surface area contributed by atoms with Gasteiger partial charge >= 0.3 is 6.09 Å². The van der Waals surface area contributed by atoms with E-state index in [1.165, 1.54) is 31.4 Å². The molecule has 154 valence electrons. The van der Waals surface area contributed by atoms with Gasteiger partial charge in [-0.05, 0) is 61.7 Å². The van der Waals surface area contributed by atoms with E-state index in [-0.39, 0.29) is 10.8 Å². The number of nitrogens with one attached hydrogen (secondary N) is 2. The quantitative estimate of drug-likeness (QED) is 0.775. The van der Waals surface area contributed by atoms with E-state index in [4.69, 9.17) is 0 Å². The van der Waals surface area contributed by atoms with Gasteiger partial charge in [0.15, 0.2) is 0 Å². The number of ether oxygens (including phenoxy) is 1. The fraction of sp³-hybridized carbons (Fsp3) is 0.300. The summed E-state index contributed by atoms with van der Waals surface area (Å²) < 4.78 is 32.5. The van der Waals surface area contributed by atoms with Crippen molar-refractivity contribution in [1.82, 2.24) is 0 Å². The smallest absolute Gasteiger partial charge is 0.411 e. The van der Waals surface area contributed by atoms with Gasteiger partial charge in [0.25, 0.3) is 10.0 Å². The number of carbonyl (C=O) groups excluding carboxylic acids is 2. The van der Waals surface area contributed by atoms with Gasteiger partial charge in [-0.25, -0.2) is 13.2 Å². The number of sulfonamides is 1. The van der Waals surface area contributed by atoms with Crippen LogP contribution in [0.15, 0.2) is 47.4 Å². The number of piperidine rings is 1. The standard InChI is InChI=1S/C20H23N3O5S/c1-14-6-7-16(13-18(14)23-12-4-3-5-19(23)24)22-29(26,27)17-10-8-15(9-11-17)21-20(25)28-2/h6-11,13,22H,3-5,12H2,1-2H3,(H,21,25). The van der Waals surface area contributed by atoms with Crippen LogP contribution in [0, 0.1) is 6.92 Å². The molecule has 2 aromatic rings. The molecule has 0 spiro atoms. The van der Waals surface area contributed by atoms with E-state index in [2.05, 4.69) is 14.8 Å². The number of methoxy groups -OCH3 is 1. The average Bonchev–Trinajstić information content (AvgIpc) is 2.70. The number of aryl methyl sites for hydroxylation is 1. The molecule has 0 radical (unpaired) electrons. The van der Waals surface area contributed by atoms with E-state index in [1.807, 2.05) is 6.92 Å². The molecule has 0 aliphatic carbocycles. The normalized spacial score (nSPS) is 14.4. The number of rotatable bonds is 5. The second-order valence-electron chi connectivity index (χ2n) is 6.75. The lowest BCUT2D eigenvalue weighted by molar-refractivity contribution is -0.119. The van der Waals surface area contributed by atoms with Gasteiger partial charge in [0.05, 0.1) is 17.7 Å². The van der Waals surface area contributed by atoms with Crippen LogP contribution >= 0.6 is 0 Å². The van der Waals surface area contributed by atoms with E-state index in [0.717, 1.165) is 18.4 Å². The first kappa shape index (κ1) is 20.7. The van der Waals surface area contributed by atoms with Crippen molar-refractivity contribution in [3.05, 3.63) is 48.0 Å². The first-order valence-corrected chi connectivity index (χ1v) is 10.7. The van der Waals surface area contributed by atoms with Crippen molar-refractivity contribution in [3.8, 4) is 0 Å². The van der Waals surface area contributed by atoms with Crippen molar-refractivity contribution < 1.29 is 22.7 Å². The Morgan fingerprint density at radius 2 is 1.76 bits per heavy atom. The first-order chi connectivity index (χ1) is 13.8. The first-order valence-electron chi connectivity index (χ1n) is 9.19. The number of hydrogen-bond donors (Lipinski definition) is 2. The van der Waals surface area contributed by atoms with Crippen LogP contribution in [0.4, 0.5) is 21.9 Å². The molecule has 1 saturated heterocycles. The molecule has 2 amide bonds. The zero-order valence-corrected chi connectivity index (χ0v) is 17.1. The van der Waals surface area contributed by atoms with Crippen molar-refractivity contribution in [2.24, 2.45) is 0 Å². The molecule has 1 heterocycles. The van der Waals surface area contributed by atoms with Gasteiger partial charge in [0.2, 0.25) is 5.91 Å². The Kier molecular flexibility index (Phi) is 6.07. The maximum absolute atomic E-state index is 12.7. The van der Waals surface area contributed by atoms with Crippen LogP contribution in [0.1, 0.15) is 24.8 Å². The summed E-state index contributed by atoms with van der Waals surface area (Å²) in [5.74, 6) is 0.0491. The van der Waals surface area contributed by atoms with Crippen LogP contribution in [0.2, 0.25) is 0 Å². The van der Waals surface area contributed by atoms with Crippen LogP contribution in [-0.4, -0.2) is 34.1 Å². The zero-order chi connectivity index (χ0) is 21.0. The second kappa shape index (κ2) is 8.52. The number of anilines is 3. The van der Waals surface area contributed by atoms with E-state index in [9.17, 15) is 18.0 Å². The molecule has 0 bridgehead atoms. The summed E-state index contributed by atoms with van der Waals surface area (Å²) in [6.45, 7) is 2.52. The Hall–Kier alpha value is -3.07. The highest BCUT2D eigenvalue weighted by Gasteiger charge is 2.22. The van der Waals surface area contributed by atoms with Gasteiger partial charge in [0, 0.05) is 24.3 Å². The summed E-state index contributed by atoms with van der Waals surface area (Å²) >= 11 is 0. The second-order valence-corrected chi connectivity index (χ2v) is 8.43. The summed E-state index contributed by atoms with van der Waals surface area (Å²) in [7, 11) is -2.59. The van der Waals surface area contributed by atoms with Gasteiger partial charge < -0.3 is 9.64 Å². The molecule has 0 saturated carbocycles. The number of carbonyl (C=O) groups is 2. The molecule has 2 N–H and O–H groups in total. The number of hydrogen-bond acceptors (Lipinski definition) is 5. The van der Waals surface area contributed by atoms with Crippen LogP contribution < -0.4 is 14.9 Å². The van der Waals surface area contributed by atoms with E-state index < -0.39 is 16.1 Å². The molecule has 8 nitrogen and oxygen atoms in total. The largest absolute Gasteiger partial charge is 0.453 e. The SMILES string of the molecule is COC(=O)Nc1ccc(S(=O)(=O)Nc2ccc(C)c(N3CCCCC3=O)c2)cc1. The van der Waals surface area contributed by atoms with Gasteiger partial charge in [0.1, 0.15) is 0 Å². The van der Waals surface area contributed by atoms with Crippen molar-refractivity contribution >= 4 is 39.1 Å². The maximum Gasteiger partial charge on any atom is 0.411 e. The van der Waals surface area contributed by atoms with Crippen LogP contribution in [0.3, 0.4) is 0 Å². The molecule has 2 aromatic carbocycles. The summed E-state index contributed by atoms with van der Waals surface area (Å²) in [4.78, 5) is 25.2. The summed E-state index contributed by atoms with van der Waals surface area (Å²) in [6, 6.07) is 10.9. The Bertz CT molecular complexity index is 1020. The fourth-order valence-corrected chi connectivity index (χ4v) is 4.17. The fourth-order valence-electron chi connectivity index (χ4n) is 3.12. The van der Waals surface area contributed by atoms with Crippen molar-refractivity contribution in [2.75, 3.05) is 28.6 Å². The highest BCUT2D eigenvalue weighted by molar-refractivity contribution is 7.92. The molecule has 0 unspecified atom stereocenters. The minimum absolute atomic E-state index is 0.0455. The van der Waals surface area contributed by atoms with Crippen LogP contribution in [0.25, 0.3) is 0 Å². The molecule has 29 heavy (non-hydrogen) atoms. The highest BCUT2D eigenvalue weighted by atomic mass is 32.2. The summed E-state index contributed by atoms with van der Waals surface area (Å²) in [6.07, 6.45) is 1.66. The Balaban J connectivity index is 1.80. The molecule has 1 aliphatic heterocycles. The molecule has 0 atom stereocenters. The van der Waals surface area contributed by atoms with Crippen molar-refractivity contribution in [2.45, 2.75) is 31.1 Å². The minimum atomic E-state index is -3.84. The molecular weight excluding hydrogens is 394 g/mol. The van der Waals surface area contributed by atoms with Crippen molar-refractivity contribution in [1.29, 1.82) is 0 Å². The Morgan fingerprint density at radius 1 is 1.07 bits per heavy atom. The van der Waals surface area contributed by atoms with Gasteiger partial charge in [-0.2, -0.15) is 0 Å². The number of amides is 2. The van der Waals surface area contributed by atoms with Crippen molar-refractivity contribution in [3.63, 3.8) is 0 Å². The lowest BCUT2D eigenvalue weighted by atomic mass is 10.1. The molecule has 1 fully saturated rings. The third kappa shape index (κ3) is 4.86. The zero-order valence-electron chi connectivity index (χ0n) is 16.3. The predicted octanol–water partition coefficient (Wildman–Crippen LogP) is 3.49. The van der Waals surface area contributed by atoms with E-state index in [1.54, 1.807) is 23.1 Å². The number of nitrogens with zero attached hydrogens (tertiary/aromatic N) is 1. The minimum Gasteiger partial charge on any atom is -0.453 e. The third-order valence-corrected chi connectivity index (χ3v) is 6.07.